The van der Waals surface area contributed by atoms with E-state index in [0.29, 0.717) is 6.07 Å². The quantitative estimate of drug-likeness (QED) is 0.674. The zero-order valence-corrected chi connectivity index (χ0v) is 18.5. The first-order chi connectivity index (χ1) is 15.1. The van der Waals surface area contributed by atoms with Gasteiger partial charge in [-0.25, -0.2) is 17.2 Å². The molecule has 1 aliphatic heterocycles. The molecule has 0 aromatic heterocycles. The summed E-state index contributed by atoms with van der Waals surface area (Å²) in [6, 6.07) is 6.49. The van der Waals surface area contributed by atoms with Gasteiger partial charge in [0.2, 0.25) is 15.9 Å². The van der Waals surface area contributed by atoms with Crippen LogP contribution < -0.4 is 5.32 Å². The number of carbonyl (C=O) groups excluding carboxylic acids is 2. The van der Waals surface area contributed by atoms with E-state index in [1.54, 1.807) is 0 Å². The van der Waals surface area contributed by atoms with Gasteiger partial charge in [0.25, 0.3) is 5.91 Å². The molecule has 172 valence electrons. The third-order valence-electron chi connectivity index (χ3n) is 4.69. The van der Waals surface area contributed by atoms with Crippen LogP contribution in [0.3, 0.4) is 0 Å². The van der Waals surface area contributed by atoms with Gasteiger partial charge in [0.05, 0.1) is 30.3 Å². The Bertz CT molecular complexity index is 1140. The van der Waals surface area contributed by atoms with E-state index >= 15 is 0 Å². The molecule has 1 heterocycles. The average molecular weight is 488 g/mol. The van der Waals surface area contributed by atoms with Crippen LogP contribution in [0.4, 0.5) is 14.5 Å². The predicted molar refractivity (Wildman–Crippen MR) is 113 cm³/mol. The van der Waals surface area contributed by atoms with Gasteiger partial charge in [0, 0.05) is 31.9 Å². The van der Waals surface area contributed by atoms with Gasteiger partial charge >= 0.3 is 0 Å². The van der Waals surface area contributed by atoms with E-state index < -0.39 is 40.0 Å². The second kappa shape index (κ2) is 9.90. The summed E-state index contributed by atoms with van der Waals surface area (Å²) in [5.41, 5.74) is -0.230. The van der Waals surface area contributed by atoms with Gasteiger partial charge in [-0.1, -0.05) is 11.6 Å². The second-order valence-electron chi connectivity index (χ2n) is 7.00. The highest BCUT2D eigenvalue weighted by Gasteiger charge is 2.29. The van der Waals surface area contributed by atoms with Crippen LogP contribution in [-0.2, 0) is 19.6 Å². The number of amides is 2. The predicted octanol–water partition coefficient (Wildman–Crippen LogP) is 2.35. The minimum Gasteiger partial charge on any atom is -0.379 e. The van der Waals surface area contributed by atoms with Crippen LogP contribution in [0, 0.1) is 11.6 Å². The van der Waals surface area contributed by atoms with Crippen LogP contribution in [0.5, 0.6) is 0 Å². The molecule has 12 heteroatoms. The third kappa shape index (κ3) is 5.41. The Morgan fingerprint density at radius 1 is 1.16 bits per heavy atom. The number of nitrogens with zero attached hydrogens (tertiary/aromatic N) is 2. The Balaban J connectivity index is 1.71. The van der Waals surface area contributed by atoms with Gasteiger partial charge in [-0.2, -0.15) is 4.31 Å². The maximum absolute atomic E-state index is 13.8. The van der Waals surface area contributed by atoms with Crippen LogP contribution in [0.1, 0.15) is 10.4 Å². The summed E-state index contributed by atoms with van der Waals surface area (Å²) >= 11 is 6.09. The molecule has 0 atom stereocenters. The number of anilines is 1. The number of morpholine rings is 1. The van der Waals surface area contributed by atoms with Crippen LogP contribution in [0.15, 0.2) is 41.3 Å². The number of likely N-dealkylation sites (N-methyl/N-ethyl adjacent to an activating group) is 1. The molecule has 2 aromatic rings. The lowest BCUT2D eigenvalue weighted by Gasteiger charge is -2.26. The maximum Gasteiger partial charge on any atom is 0.257 e. The van der Waals surface area contributed by atoms with Crippen molar-refractivity contribution in [1.29, 1.82) is 0 Å². The van der Waals surface area contributed by atoms with Crippen molar-refractivity contribution in [1.82, 2.24) is 9.21 Å². The van der Waals surface area contributed by atoms with E-state index in [1.165, 1.54) is 29.6 Å². The molecule has 32 heavy (non-hydrogen) atoms. The molecular weight excluding hydrogens is 468 g/mol. The molecule has 1 aliphatic rings. The van der Waals surface area contributed by atoms with Crippen molar-refractivity contribution in [2.75, 3.05) is 45.2 Å². The number of carbonyl (C=O) groups is 2. The lowest BCUT2D eigenvalue weighted by molar-refractivity contribution is -0.116. The summed E-state index contributed by atoms with van der Waals surface area (Å²) in [5, 5.41) is 2.49. The summed E-state index contributed by atoms with van der Waals surface area (Å²) in [4.78, 5) is 25.5. The summed E-state index contributed by atoms with van der Waals surface area (Å²) in [6.07, 6.45) is 0. The van der Waals surface area contributed by atoms with Crippen molar-refractivity contribution < 1.29 is 31.5 Å². The zero-order valence-electron chi connectivity index (χ0n) is 17.0. The minimum atomic E-state index is -3.90. The van der Waals surface area contributed by atoms with Gasteiger partial charge in [-0.3, -0.25) is 9.59 Å². The number of sulfonamides is 1. The fraction of sp³-hybridized carbons (Fsp3) is 0.300. The molecule has 0 saturated carbocycles. The van der Waals surface area contributed by atoms with Crippen LogP contribution in [0.25, 0.3) is 0 Å². The van der Waals surface area contributed by atoms with Gasteiger partial charge in [-0.15, -0.1) is 0 Å². The normalized spacial score (nSPS) is 14.8. The summed E-state index contributed by atoms with van der Waals surface area (Å²) in [5.74, 6) is -3.34. The topological polar surface area (TPSA) is 96.0 Å². The monoisotopic (exact) mass is 487 g/mol. The summed E-state index contributed by atoms with van der Waals surface area (Å²) in [7, 11) is -2.62. The smallest absolute Gasteiger partial charge is 0.257 e. The van der Waals surface area contributed by atoms with E-state index in [-0.39, 0.29) is 47.5 Å². The van der Waals surface area contributed by atoms with Crippen LogP contribution >= 0.6 is 11.6 Å². The molecule has 0 radical (unpaired) electrons. The van der Waals surface area contributed by atoms with Crippen molar-refractivity contribution in [2.24, 2.45) is 0 Å². The Hall–Kier alpha value is -2.60. The molecule has 8 nitrogen and oxygen atoms in total. The highest BCUT2D eigenvalue weighted by Crippen LogP contribution is 2.28. The number of ether oxygens (including phenoxy) is 1. The van der Waals surface area contributed by atoms with Gasteiger partial charge < -0.3 is 15.0 Å². The highest BCUT2D eigenvalue weighted by atomic mass is 35.5. The van der Waals surface area contributed by atoms with Crippen molar-refractivity contribution >= 4 is 39.1 Å². The molecule has 0 bridgehead atoms. The number of rotatable bonds is 6. The first-order valence-electron chi connectivity index (χ1n) is 9.47. The van der Waals surface area contributed by atoms with E-state index in [2.05, 4.69) is 5.32 Å². The van der Waals surface area contributed by atoms with E-state index in [4.69, 9.17) is 16.3 Å². The molecular formula is C20H20ClF2N3O5S. The number of hydrogen-bond donors (Lipinski definition) is 1. The minimum absolute atomic E-state index is 0.00595. The Kier molecular flexibility index (Phi) is 7.44. The van der Waals surface area contributed by atoms with Gasteiger partial charge in [-0.05, 0) is 30.3 Å². The molecule has 0 spiro atoms. The second-order valence-corrected chi connectivity index (χ2v) is 9.31. The Morgan fingerprint density at radius 2 is 1.84 bits per heavy atom. The first kappa shape index (κ1) is 24.1. The number of halogens is 3. The molecule has 0 unspecified atom stereocenters. The highest BCUT2D eigenvalue weighted by molar-refractivity contribution is 7.89. The van der Waals surface area contributed by atoms with Gasteiger partial charge in [0.1, 0.15) is 16.5 Å². The standard InChI is InChI=1S/C20H20ClF2N3O5S/c1-25(20(28)15-4-2-13(22)10-17(15)23)12-19(27)24-14-3-5-16(21)18(11-14)32(29,30)26-6-8-31-9-7-26/h2-5,10-11H,6-9,12H2,1H3,(H,24,27). The molecule has 3 rings (SSSR count). The summed E-state index contributed by atoms with van der Waals surface area (Å²) < 4.78 is 59.0. The maximum atomic E-state index is 13.8. The fourth-order valence-electron chi connectivity index (χ4n) is 3.06. The van der Waals surface area contributed by atoms with E-state index in [9.17, 15) is 26.8 Å². The summed E-state index contributed by atoms with van der Waals surface area (Å²) in [6.45, 7) is 0.443. The SMILES string of the molecule is CN(CC(=O)Nc1ccc(Cl)c(S(=O)(=O)N2CCOCC2)c1)C(=O)c1ccc(F)cc1F. The Morgan fingerprint density at radius 3 is 2.50 bits per heavy atom. The molecule has 1 fully saturated rings. The van der Waals surface area contributed by atoms with Crippen molar-refractivity contribution in [3.63, 3.8) is 0 Å². The molecule has 0 aliphatic carbocycles. The molecule has 1 N–H and O–H groups in total. The third-order valence-corrected chi connectivity index (χ3v) is 7.07. The largest absolute Gasteiger partial charge is 0.379 e. The van der Waals surface area contributed by atoms with E-state index in [1.807, 2.05) is 0 Å². The van der Waals surface area contributed by atoms with Crippen molar-refractivity contribution in [3.05, 3.63) is 58.6 Å². The zero-order chi connectivity index (χ0) is 23.5. The number of nitrogens with one attached hydrogen (secondary N) is 1. The molecule has 2 aromatic carbocycles. The fourth-order valence-corrected chi connectivity index (χ4v) is 4.97. The lowest BCUT2D eigenvalue weighted by atomic mass is 10.2. The average Bonchev–Trinajstić information content (AvgIpc) is 2.75. The molecule has 1 saturated heterocycles. The lowest BCUT2D eigenvalue weighted by Crippen LogP contribution is -2.40. The van der Waals surface area contributed by atoms with Crippen LogP contribution in [-0.4, -0.2) is 69.3 Å². The number of benzene rings is 2. The van der Waals surface area contributed by atoms with Crippen molar-refractivity contribution in [3.8, 4) is 0 Å². The molecule has 2 amide bonds. The van der Waals surface area contributed by atoms with Crippen molar-refractivity contribution in [2.45, 2.75) is 4.90 Å². The first-order valence-corrected chi connectivity index (χ1v) is 11.3. The number of hydrogen-bond acceptors (Lipinski definition) is 5. The van der Waals surface area contributed by atoms with Gasteiger partial charge in [0.15, 0.2) is 0 Å². The Labute approximate surface area is 188 Å². The van der Waals surface area contributed by atoms with Crippen LogP contribution in [0.2, 0.25) is 5.02 Å². The van der Waals surface area contributed by atoms with E-state index in [0.717, 1.165) is 17.0 Å².